The Kier molecular flexibility index (Phi) is 3.97. The molecule has 1 heterocycles. The van der Waals surface area contributed by atoms with Crippen LogP contribution in [-0.4, -0.2) is 9.97 Å². The summed E-state index contributed by atoms with van der Waals surface area (Å²) in [6.45, 7) is 0. The van der Waals surface area contributed by atoms with Crippen molar-refractivity contribution in [1.82, 2.24) is 9.97 Å². The normalized spacial score (nSPS) is 10.7. The highest BCUT2D eigenvalue weighted by atomic mass is 79.9. The lowest BCUT2D eigenvalue weighted by Gasteiger charge is -2.11. The number of halogens is 1. The lowest BCUT2D eigenvalue weighted by molar-refractivity contribution is 1.22. The highest BCUT2D eigenvalue weighted by Gasteiger charge is 2.09. The molecule has 0 radical (unpaired) electrons. The fourth-order valence-electron chi connectivity index (χ4n) is 2.59. The van der Waals surface area contributed by atoms with Crippen LogP contribution in [0.25, 0.3) is 22.3 Å². The molecule has 4 rings (SSSR count). The molecular weight excluding hydrogens is 362 g/mol. The maximum atomic E-state index is 4.76. The molecule has 0 aliphatic heterocycles. The molecule has 4 heteroatoms. The Morgan fingerprint density at radius 1 is 0.750 bits per heavy atom. The molecule has 0 saturated heterocycles. The van der Waals surface area contributed by atoms with Crippen LogP contribution in [0, 0.1) is 0 Å². The topological polar surface area (TPSA) is 37.8 Å². The van der Waals surface area contributed by atoms with E-state index < -0.39 is 0 Å². The fourth-order valence-corrected chi connectivity index (χ4v) is 2.99. The number of para-hydroxylation sites is 2. The van der Waals surface area contributed by atoms with Gasteiger partial charge in [0.2, 0.25) is 0 Å². The van der Waals surface area contributed by atoms with Gasteiger partial charge in [-0.3, -0.25) is 0 Å². The van der Waals surface area contributed by atoms with Gasteiger partial charge in [0, 0.05) is 21.1 Å². The van der Waals surface area contributed by atoms with Crippen LogP contribution >= 0.6 is 15.9 Å². The summed E-state index contributed by atoms with van der Waals surface area (Å²) in [4.78, 5) is 9.48. The molecule has 3 nitrogen and oxygen atoms in total. The van der Waals surface area contributed by atoms with Crippen molar-refractivity contribution in [2.24, 2.45) is 0 Å². The molecule has 0 bridgehead atoms. The van der Waals surface area contributed by atoms with Gasteiger partial charge in [0.25, 0.3) is 0 Å². The number of hydrogen-bond donors (Lipinski definition) is 1. The maximum Gasteiger partial charge on any atom is 0.162 e. The van der Waals surface area contributed by atoms with Crippen LogP contribution in [0.15, 0.2) is 83.3 Å². The van der Waals surface area contributed by atoms with Crippen molar-refractivity contribution in [2.45, 2.75) is 0 Å². The van der Waals surface area contributed by atoms with Gasteiger partial charge in [-0.1, -0.05) is 58.4 Å². The average Bonchev–Trinajstić information content (AvgIpc) is 2.62. The number of anilines is 2. The van der Waals surface area contributed by atoms with E-state index in [4.69, 9.17) is 9.97 Å². The summed E-state index contributed by atoms with van der Waals surface area (Å²) in [6, 6.07) is 26.1. The highest BCUT2D eigenvalue weighted by molar-refractivity contribution is 9.10. The minimum absolute atomic E-state index is 0.702. The minimum atomic E-state index is 0.702. The van der Waals surface area contributed by atoms with Crippen molar-refractivity contribution < 1.29 is 0 Å². The Labute approximate surface area is 148 Å². The van der Waals surface area contributed by atoms with Gasteiger partial charge in [-0.25, -0.2) is 9.97 Å². The van der Waals surface area contributed by atoms with Crippen LogP contribution < -0.4 is 5.32 Å². The standard InChI is InChI=1S/C20H14BrN3/c21-15-8-6-7-14(13-15)19-23-18-12-5-4-11-17(18)20(24-19)22-16-9-2-1-3-10-16/h1-13H,(H,22,23,24). The fraction of sp³-hybridized carbons (Fsp3) is 0. The van der Waals surface area contributed by atoms with Crippen molar-refractivity contribution in [1.29, 1.82) is 0 Å². The molecule has 0 unspecified atom stereocenters. The van der Waals surface area contributed by atoms with Gasteiger partial charge in [-0.15, -0.1) is 0 Å². The second kappa shape index (κ2) is 6.42. The van der Waals surface area contributed by atoms with Crippen molar-refractivity contribution in [3.8, 4) is 11.4 Å². The minimum Gasteiger partial charge on any atom is -0.340 e. The molecule has 24 heavy (non-hydrogen) atoms. The van der Waals surface area contributed by atoms with Gasteiger partial charge < -0.3 is 5.32 Å². The van der Waals surface area contributed by atoms with Crippen LogP contribution in [0.1, 0.15) is 0 Å². The molecule has 1 N–H and O–H groups in total. The molecule has 0 aliphatic rings. The number of hydrogen-bond acceptors (Lipinski definition) is 3. The van der Waals surface area contributed by atoms with E-state index in [2.05, 4.69) is 21.2 Å². The molecule has 1 aromatic heterocycles. The molecule has 0 spiro atoms. The Bertz CT molecular complexity index is 1000. The summed E-state index contributed by atoms with van der Waals surface area (Å²) in [5.74, 6) is 1.51. The van der Waals surface area contributed by atoms with Gasteiger partial charge in [-0.2, -0.15) is 0 Å². The predicted molar refractivity (Wildman–Crippen MR) is 102 cm³/mol. The molecule has 0 atom stereocenters. The van der Waals surface area contributed by atoms with Crippen LogP contribution in [0.5, 0.6) is 0 Å². The van der Waals surface area contributed by atoms with Crippen LogP contribution in [0.4, 0.5) is 11.5 Å². The van der Waals surface area contributed by atoms with Gasteiger partial charge in [-0.05, 0) is 36.4 Å². The van der Waals surface area contributed by atoms with E-state index in [-0.39, 0.29) is 0 Å². The van der Waals surface area contributed by atoms with E-state index in [1.54, 1.807) is 0 Å². The van der Waals surface area contributed by atoms with Crippen LogP contribution in [0.2, 0.25) is 0 Å². The summed E-state index contributed by atoms with van der Waals surface area (Å²) < 4.78 is 1.01. The predicted octanol–water partition coefficient (Wildman–Crippen LogP) is 5.80. The molecule has 4 aromatic rings. The Morgan fingerprint density at radius 3 is 2.38 bits per heavy atom. The second-order valence-corrected chi connectivity index (χ2v) is 6.33. The third-order valence-corrected chi connectivity index (χ3v) is 4.22. The zero-order chi connectivity index (χ0) is 16.4. The van der Waals surface area contributed by atoms with E-state index in [1.807, 2.05) is 78.9 Å². The number of nitrogens with one attached hydrogen (secondary N) is 1. The Hall–Kier alpha value is -2.72. The number of benzene rings is 3. The first-order chi connectivity index (χ1) is 11.8. The first-order valence-corrected chi connectivity index (χ1v) is 8.44. The monoisotopic (exact) mass is 375 g/mol. The smallest absolute Gasteiger partial charge is 0.162 e. The quantitative estimate of drug-likeness (QED) is 0.491. The van der Waals surface area contributed by atoms with E-state index >= 15 is 0 Å². The molecule has 3 aromatic carbocycles. The van der Waals surface area contributed by atoms with Crippen LogP contribution in [-0.2, 0) is 0 Å². The summed E-state index contributed by atoms with van der Waals surface area (Å²) in [6.07, 6.45) is 0. The van der Waals surface area contributed by atoms with E-state index in [1.165, 1.54) is 0 Å². The molecule has 0 saturated carbocycles. The average molecular weight is 376 g/mol. The van der Waals surface area contributed by atoms with E-state index in [0.717, 1.165) is 32.4 Å². The zero-order valence-corrected chi connectivity index (χ0v) is 14.4. The number of nitrogens with zero attached hydrogens (tertiary/aromatic N) is 2. The summed E-state index contributed by atoms with van der Waals surface area (Å²) >= 11 is 3.51. The van der Waals surface area contributed by atoms with Crippen LogP contribution in [0.3, 0.4) is 0 Å². The number of aromatic nitrogens is 2. The van der Waals surface area contributed by atoms with Gasteiger partial charge in [0.05, 0.1) is 5.52 Å². The van der Waals surface area contributed by atoms with Crippen molar-refractivity contribution in [3.05, 3.63) is 83.3 Å². The number of rotatable bonds is 3. The highest BCUT2D eigenvalue weighted by Crippen LogP contribution is 2.28. The molecule has 0 fully saturated rings. The second-order valence-electron chi connectivity index (χ2n) is 5.41. The van der Waals surface area contributed by atoms with Crippen molar-refractivity contribution in [2.75, 3.05) is 5.32 Å². The van der Waals surface area contributed by atoms with Crippen molar-refractivity contribution >= 4 is 38.3 Å². The number of fused-ring (bicyclic) bond motifs is 1. The van der Waals surface area contributed by atoms with E-state index in [9.17, 15) is 0 Å². The van der Waals surface area contributed by atoms with Gasteiger partial charge in [0.1, 0.15) is 5.82 Å². The molecule has 116 valence electrons. The maximum absolute atomic E-state index is 4.76. The van der Waals surface area contributed by atoms with E-state index in [0.29, 0.717) is 5.82 Å². The first-order valence-electron chi connectivity index (χ1n) is 7.64. The third kappa shape index (κ3) is 3.01. The largest absolute Gasteiger partial charge is 0.340 e. The zero-order valence-electron chi connectivity index (χ0n) is 12.8. The molecular formula is C20H14BrN3. The Balaban J connectivity index is 1.88. The summed E-state index contributed by atoms with van der Waals surface area (Å²) in [5.41, 5.74) is 2.90. The summed E-state index contributed by atoms with van der Waals surface area (Å²) in [7, 11) is 0. The molecule has 0 amide bonds. The first kappa shape index (κ1) is 14.8. The van der Waals surface area contributed by atoms with Crippen molar-refractivity contribution in [3.63, 3.8) is 0 Å². The van der Waals surface area contributed by atoms with Gasteiger partial charge in [0.15, 0.2) is 5.82 Å². The van der Waals surface area contributed by atoms with Gasteiger partial charge >= 0.3 is 0 Å². The Morgan fingerprint density at radius 2 is 1.54 bits per heavy atom. The SMILES string of the molecule is Brc1cccc(-c2nc(Nc3ccccc3)c3ccccc3n2)c1. The lowest BCUT2D eigenvalue weighted by Crippen LogP contribution is -1.99. The third-order valence-electron chi connectivity index (χ3n) is 3.72. The lowest BCUT2D eigenvalue weighted by atomic mass is 10.2. The summed E-state index contributed by atoms with van der Waals surface area (Å²) in [5, 5.41) is 4.41. The molecule has 0 aliphatic carbocycles.